The van der Waals surface area contributed by atoms with Crippen LogP contribution in [0.4, 0.5) is 10.5 Å². The maximum Gasteiger partial charge on any atom is 0.319 e. The van der Waals surface area contributed by atoms with E-state index in [4.69, 9.17) is 5.11 Å². The van der Waals surface area contributed by atoms with Crippen LogP contribution in [0.2, 0.25) is 0 Å². The Hall–Kier alpha value is -2.89. The van der Waals surface area contributed by atoms with Crippen LogP contribution in [0.15, 0.2) is 48.7 Å². The molecule has 2 aromatic rings. The molecule has 2 amide bonds. The van der Waals surface area contributed by atoms with E-state index in [1.165, 1.54) is 0 Å². The maximum atomic E-state index is 12.1. The molecule has 0 saturated heterocycles. The summed E-state index contributed by atoms with van der Waals surface area (Å²) in [6, 6.07) is 12.8. The number of benzene rings is 1. The average Bonchev–Trinajstić information content (AvgIpc) is 3.04. The summed E-state index contributed by atoms with van der Waals surface area (Å²) in [6.07, 6.45) is 3.42. The molecule has 0 radical (unpaired) electrons. The van der Waals surface area contributed by atoms with Crippen LogP contribution in [0.25, 0.3) is 11.3 Å². The third-order valence-corrected chi connectivity index (χ3v) is 4.20. The van der Waals surface area contributed by atoms with Gasteiger partial charge in [0.05, 0.1) is 11.6 Å². The molecule has 6 heteroatoms. The lowest BCUT2D eigenvalue weighted by Crippen LogP contribution is -2.36. The minimum absolute atomic E-state index is 0.0958. The molecule has 1 aliphatic rings. The Bertz CT molecular complexity index is 733. The van der Waals surface area contributed by atoms with Gasteiger partial charge in [0.15, 0.2) is 0 Å². The fourth-order valence-corrected chi connectivity index (χ4v) is 2.96. The number of rotatable bonds is 4. The number of carbonyl (C=O) groups is 2. The second kappa shape index (κ2) is 7.12. The van der Waals surface area contributed by atoms with Crippen LogP contribution < -0.4 is 10.6 Å². The number of nitrogens with one attached hydrogen (secondary N) is 2. The van der Waals surface area contributed by atoms with Crippen molar-refractivity contribution in [3.8, 4) is 11.3 Å². The summed E-state index contributed by atoms with van der Waals surface area (Å²) in [5, 5.41) is 14.6. The Balaban J connectivity index is 1.60. The number of aromatic nitrogens is 1. The van der Waals surface area contributed by atoms with Crippen LogP contribution in [0.5, 0.6) is 0 Å². The first-order valence-corrected chi connectivity index (χ1v) is 7.93. The topological polar surface area (TPSA) is 91.3 Å². The van der Waals surface area contributed by atoms with Crippen molar-refractivity contribution >= 4 is 17.7 Å². The van der Waals surface area contributed by atoms with Gasteiger partial charge in [0.2, 0.25) is 0 Å². The van der Waals surface area contributed by atoms with Gasteiger partial charge in [-0.25, -0.2) is 4.79 Å². The molecule has 1 fully saturated rings. The van der Waals surface area contributed by atoms with E-state index in [1.54, 1.807) is 12.3 Å². The molecule has 1 aromatic heterocycles. The number of pyridine rings is 1. The number of carbonyl (C=O) groups excluding carboxylic acids is 1. The normalized spacial score (nSPS) is 19.7. The first-order valence-electron chi connectivity index (χ1n) is 7.93. The fourth-order valence-electron chi connectivity index (χ4n) is 2.96. The lowest BCUT2D eigenvalue weighted by Gasteiger charge is -2.13. The summed E-state index contributed by atoms with van der Waals surface area (Å²) >= 11 is 0. The van der Waals surface area contributed by atoms with Gasteiger partial charge in [-0.15, -0.1) is 0 Å². The zero-order chi connectivity index (χ0) is 16.9. The number of hydrogen-bond acceptors (Lipinski definition) is 3. The zero-order valence-corrected chi connectivity index (χ0v) is 13.1. The highest BCUT2D eigenvalue weighted by Gasteiger charge is 2.30. The van der Waals surface area contributed by atoms with Gasteiger partial charge < -0.3 is 15.7 Å². The number of aliphatic carboxylic acids is 1. The van der Waals surface area contributed by atoms with Crippen molar-refractivity contribution in [1.29, 1.82) is 0 Å². The molecule has 2 atom stereocenters. The van der Waals surface area contributed by atoms with Crippen LogP contribution in [-0.2, 0) is 4.79 Å². The summed E-state index contributed by atoms with van der Waals surface area (Å²) < 4.78 is 0. The van der Waals surface area contributed by atoms with E-state index in [0.29, 0.717) is 24.9 Å². The molecular formula is C18H19N3O3. The first-order chi connectivity index (χ1) is 11.6. The summed E-state index contributed by atoms with van der Waals surface area (Å²) in [7, 11) is 0. The molecule has 1 aromatic carbocycles. The predicted octanol–water partition coefficient (Wildman–Crippen LogP) is 3.12. The van der Waals surface area contributed by atoms with Crippen molar-refractivity contribution in [2.45, 2.75) is 25.3 Å². The van der Waals surface area contributed by atoms with E-state index >= 15 is 0 Å². The van der Waals surface area contributed by atoms with Crippen LogP contribution in [0.1, 0.15) is 19.3 Å². The van der Waals surface area contributed by atoms with E-state index in [2.05, 4.69) is 15.6 Å². The molecule has 1 aliphatic carbocycles. The van der Waals surface area contributed by atoms with Crippen molar-refractivity contribution in [3.05, 3.63) is 48.7 Å². The van der Waals surface area contributed by atoms with E-state index < -0.39 is 5.97 Å². The van der Waals surface area contributed by atoms with Crippen molar-refractivity contribution < 1.29 is 14.7 Å². The lowest BCUT2D eigenvalue weighted by molar-refractivity contribution is -0.141. The van der Waals surface area contributed by atoms with Gasteiger partial charge in [-0.05, 0) is 31.4 Å². The number of hydrogen-bond donors (Lipinski definition) is 3. The second-order valence-electron chi connectivity index (χ2n) is 5.94. The molecule has 3 rings (SSSR count). The van der Waals surface area contributed by atoms with E-state index in [-0.39, 0.29) is 18.0 Å². The Morgan fingerprint density at radius 1 is 1.12 bits per heavy atom. The second-order valence-corrected chi connectivity index (χ2v) is 5.94. The molecule has 1 saturated carbocycles. The standard InChI is InChI=1S/C18H19N3O3/c22-17(23)13-6-7-14(10-13)20-18(24)21-15-8-9-19-16(11-15)12-4-2-1-3-5-12/h1-5,8-9,11,13-14H,6-7,10H2,(H,22,23)(H2,19,20,21,24)/t13-,14+/m1/s1. The highest BCUT2D eigenvalue weighted by atomic mass is 16.4. The van der Waals surface area contributed by atoms with Gasteiger partial charge in [-0.2, -0.15) is 0 Å². The SMILES string of the molecule is O=C(Nc1ccnc(-c2ccccc2)c1)N[C@H]1CC[C@@H](C(=O)O)C1. The quantitative estimate of drug-likeness (QED) is 0.805. The van der Waals surface area contributed by atoms with Crippen LogP contribution >= 0.6 is 0 Å². The van der Waals surface area contributed by atoms with Gasteiger partial charge in [0, 0.05) is 23.5 Å². The van der Waals surface area contributed by atoms with Crippen LogP contribution in [-0.4, -0.2) is 28.1 Å². The van der Waals surface area contributed by atoms with E-state index in [9.17, 15) is 9.59 Å². The third-order valence-electron chi connectivity index (χ3n) is 4.20. The summed E-state index contributed by atoms with van der Waals surface area (Å²) in [5.74, 6) is -1.15. The van der Waals surface area contributed by atoms with Crippen molar-refractivity contribution in [2.24, 2.45) is 5.92 Å². The molecule has 3 N–H and O–H groups in total. The molecule has 0 unspecified atom stereocenters. The molecule has 124 valence electrons. The summed E-state index contributed by atoms with van der Waals surface area (Å²) in [5.41, 5.74) is 2.40. The van der Waals surface area contributed by atoms with Crippen LogP contribution in [0.3, 0.4) is 0 Å². The number of anilines is 1. The first kappa shape index (κ1) is 16.0. The zero-order valence-electron chi connectivity index (χ0n) is 13.1. The van der Waals surface area contributed by atoms with Crippen molar-refractivity contribution in [3.63, 3.8) is 0 Å². The van der Waals surface area contributed by atoms with Crippen molar-refractivity contribution in [1.82, 2.24) is 10.3 Å². The molecule has 1 heterocycles. The number of carboxylic acid groups (broad SMARTS) is 1. The highest BCUT2D eigenvalue weighted by Crippen LogP contribution is 2.26. The van der Waals surface area contributed by atoms with Crippen LogP contribution in [0, 0.1) is 5.92 Å². The Morgan fingerprint density at radius 3 is 2.62 bits per heavy atom. The van der Waals surface area contributed by atoms with Gasteiger partial charge in [0.1, 0.15) is 0 Å². The summed E-state index contributed by atoms with van der Waals surface area (Å²) in [4.78, 5) is 27.4. The summed E-state index contributed by atoms with van der Waals surface area (Å²) in [6.45, 7) is 0. The Kier molecular flexibility index (Phi) is 4.74. The van der Waals surface area contributed by atoms with Crippen molar-refractivity contribution in [2.75, 3.05) is 5.32 Å². The third kappa shape index (κ3) is 3.90. The molecule has 0 spiro atoms. The number of urea groups is 1. The molecule has 0 bridgehead atoms. The lowest BCUT2D eigenvalue weighted by atomic mass is 10.1. The number of nitrogens with zero attached hydrogens (tertiary/aromatic N) is 1. The minimum atomic E-state index is -0.790. The predicted molar refractivity (Wildman–Crippen MR) is 90.6 cm³/mol. The van der Waals surface area contributed by atoms with E-state index in [0.717, 1.165) is 11.3 Å². The molecule has 0 aliphatic heterocycles. The smallest absolute Gasteiger partial charge is 0.319 e. The van der Waals surface area contributed by atoms with Gasteiger partial charge >= 0.3 is 12.0 Å². The highest BCUT2D eigenvalue weighted by molar-refractivity contribution is 5.90. The molecule has 24 heavy (non-hydrogen) atoms. The van der Waals surface area contributed by atoms with Gasteiger partial charge in [-0.1, -0.05) is 30.3 Å². The van der Waals surface area contributed by atoms with Gasteiger partial charge in [-0.3, -0.25) is 9.78 Å². The maximum absolute atomic E-state index is 12.1. The monoisotopic (exact) mass is 325 g/mol. The van der Waals surface area contributed by atoms with E-state index in [1.807, 2.05) is 36.4 Å². The van der Waals surface area contributed by atoms with Gasteiger partial charge in [0.25, 0.3) is 0 Å². The average molecular weight is 325 g/mol. The Labute approximate surface area is 139 Å². The molecule has 6 nitrogen and oxygen atoms in total. The Morgan fingerprint density at radius 2 is 1.92 bits per heavy atom. The number of amides is 2. The number of carboxylic acids is 1. The molecular weight excluding hydrogens is 306 g/mol. The largest absolute Gasteiger partial charge is 0.481 e. The minimum Gasteiger partial charge on any atom is -0.481 e. The fraction of sp³-hybridized carbons (Fsp3) is 0.278.